The molecular formula is C16H24N2O2. The quantitative estimate of drug-likeness (QED) is 0.913. The van der Waals surface area contributed by atoms with Gasteiger partial charge in [0.25, 0.3) is 0 Å². The Bertz CT molecular complexity index is 458. The van der Waals surface area contributed by atoms with Gasteiger partial charge in [0.15, 0.2) is 0 Å². The molecule has 2 aliphatic rings. The van der Waals surface area contributed by atoms with E-state index in [9.17, 15) is 5.11 Å². The molecule has 4 nitrogen and oxygen atoms in total. The van der Waals surface area contributed by atoms with Crippen molar-refractivity contribution < 1.29 is 9.84 Å². The zero-order valence-electron chi connectivity index (χ0n) is 12.2. The van der Waals surface area contributed by atoms with E-state index in [2.05, 4.69) is 22.9 Å². The number of benzene rings is 1. The normalized spacial score (nSPS) is 20.6. The minimum absolute atomic E-state index is 0.392. The highest BCUT2D eigenvalue weighted by atomic mass is 16.5. The topological polar surface area (TPSA) is 35.9 Å². The number of hydrogen-bond acceptors (Lipinski definition) is 4. The molecule has 0 amide bonds. The molecule has 1 saturated heterocycles. The summed E-state index contributed by atoms with van der Waals surface area (Å²) in [6.45, 7) is 5.00. The molecule has 1 fully saturated rings. The smallest absolute Gasteiger partial charge is 0.143 e. The Morgan fingerprint density at radius 1 is 1.25 bits per heavy atom. The summed E-state index contributed by atoms with van der Waals surface area (Å²) in [7, 11) is 2.07. The Morgan fingerprint density at radius 2 is 2.05 bits per heavy atom. The van der Waals surface area contributed by atoms with Crippen LogP contribution < -0.4 is 9.64 Å². The van der Waals surface area contributed by atoms with Crippen molar-refractivity contribution in [3.63, 3.8) is 0 Å². The van der Waals surface area contributed by atoms with Crippen LogP contribution in [0.3, 0.4) is 0 Å². The van der Waals surface area contributed by atoms with Crippen molar-refractivity contribution in [2.24, 2.45) is 0 Å². The molecule has 0 aromatic heterocycles. The lowest BCUT2D eigenvalue weighted by atomic mass is 10.0. The van der Waals surface area contributed by atoms with E-state index in [0.29, 0.717) is 0 Å². The van der Waals surface area contributed by atoms with Gasteiger partial charge in [-0.2, -0.15) is 0 Å². The second kappa shape index (κ2) is 6.02. The fourth-order valence-electron chi connectivity index (χ4n) is 3.06. The van der Waals surface area contributed by atoms with E-state index in [0.717, 1.165) is 43.1 Å². The van der Waals surface area contributed by atoms with Crippen molar-refractivity contribution in [1.29, 1.82) is 0 Å². The number of nitrogens with zero attached hydrogens (tertiary/aromatic N) is 2. The van der Waals surface area contributed by atoms with Crippen molar-refractivity contribution in [2.75, 3.05) is 44.7 Å². The average Bonchev–Trinajstić information content (AvgIpc) is 2.98. The third-order valence-corrected chi connectivity index (χ3v) is 4.38. The second-order valence-corrected chi connectivity index (χ2v) is 5.85. The zero-order chi connectivity index (χ0) is 13.9. The van der Waals surface area contributed by atoms with Crippen molar-refractivity contribution >= 4 is 5.69 Å². The van der Waals surface area contributed by atoms with Gasteiger partial charge in [0.05, 0.1) is 18.3 Å². The van der Waals surface area contributed by atoms with E-state index in [1.165, 1.54) is 25.9 Å². The Hall–Kier alpha value is -1.26. The molecule has 0 aliphatic carbocycles. The van der Waals surface area contributed by atoms with E-state index in [4.69, 9.17) is 4.74 Å². The van der Waals surface area contributed by atoms with E-state index in [1.54, 1.807) is 0 Å². The first-order valence-electron chi connectivity index (χ1n) is 7.62. The Morgan fingerprint density at radius 3 is 2.85 bits per heavy atom. The number of fused-ring (bicyclic) bond motifs is 1. The van der Waals surface area contributed by atoms with Gasteiger partial charge in [0.2, 0.25) is 0 Å². The first-order chi connectivity index (χ1) is 9.74. The molecular weight excluding hydrogens is 252 g/mol. The SMILES string of the molecule is CN1CCOc2cc(C(O)CCN3CCCC3)ccc21. The summed E-state index contributed by atoms with van der Waals surface area (Å²) in [6.07, 6.45) is 3.01. The first kappa shape index (κ1) is 13.7. The molecule has 110 valence electrons. The first-order valence-corrected chi connectivity index (χ1v) is 7.62. The predicted octanol–water partition coefficient (Wildman–Crippen LogP) is 2.03. The van der Waals surface area contributed by atoms with Gasteiger partial charge in [0, 0.05) is 13.6 Å². The molecule has 0 bridgehead atoms. The second-order valence-electron chi connectivity index (χ2n) is 5.85. The van der Waals surface area contributed by atoms with Crippen LogP contribution in [-0.4, -0.2) is 49.8 Å². The lowest BCUT2D eigenvalue weighted by Crippen LogP contribution is -2.28. The van der Waals surface area contributed by atoms with Crippen molar-refractivity contribution in [3.8, 4) is 5.75 Å². The molecule has 0 saturated carbocycles. The van der Waals surface area contributed by atoms with E-state index in [-0.39, 0.29) is 0 Å². The summed E-state index contributed by atoms with van der Waals surface area (Å²) < 4.78 is 5.70. The van der Waals surface area contributed by atoms with Gasteiger partial charge in [-0.05, 0) is 50.0 Å². The van der Waals surface area contributed by atoms with Crippen LogP contribution in [0.15, 0.2) is 18.2 Å². The fourth-order valence-corrected chi connectivity index (χ4v) is 3.06. The Labute approximate surface area is 120 Å². The van der Waals surface area contributed by atoms with Gasteiger partial charge in [-0.3, -0.25) is 0 Å². The monoisotopic (exact) mass is 276 g/mol. The maximum atomic E-state index is 10.4. The van der Waals surface area contributed by atoms with Gasteiger partial charge in [0.1, 0.15) is 12.4 Å². The van der Waals surface area contributed by atoms with Crippen LogP contribution in [0.5, 0.6) is 5.75 Å². The Kier molecular flexibility index (Phi) is 4.13. The lowest BCUT2D eigenvalue weighted by molar-refractivity contribution is 0.148. The maximum absolute atomic E-state index is 10.4. The third kappa shape index (κ3) is 2.91. The largest absolute Gasteiger partial charge is 0.490 e. The van der Waals surface area contributed by atoms with Crippen molar-refractivity contribution in [3.05, 3.63) is 23.8 Å². The highest BCUT2D eigenvalue weighted by Gasteiger charge is 2.18. The number of aliphatic hydroxyl groups excluding tert-OH is 1. The molecule has 0 spiro atoms. The van der Waals surface area contributed by atoms with E-state index in [1.807, 2.05) is 12.1 Å². The molecule has 3 rings (SSSR count). The number of hydrogen-bond donors (Lipinski definition) is 1. The molecule has 1 aromatic rings. The van der Waals surface area contributed by atoms with Crippen molar-refractivity contribution in [2.45, 2.75) is 25.4 Å². The molecule has 2 heterocycles. The summed E-state index contributed by atoms with van der Waals surface area (Å²) in [5.74, 6) is 0.900. The van der Waals surface area contributed by atoms with Crippen LogP contribution >= 0.6 is 0 Å². The number of likely N-dealkylation sites (tertiary alicyclic amines) is 1. The molecule has 1 atom stereocenters. The molecule has 1 aromatic carbocycles. The van der Waals surface area contributed by atoms with Crippen LogP contribution in [0.1, 0.15) is 30.9 Å². The lowest BCUT2D eigenvalue weighted by Gasteiger charge is -2.28. The summed E-state index contributed by atoms with van der Waals surface area (Å²) in [6, 6.07) is 6.08. The number of likely N-dealkylation sites (N-methyl/N-ethyl adjacent to an activating group) is 1. The molecule has 0 radical (unpaired) electrons. The zero-order valence-corrected chi connectivity index (χ0v) is 12.2. The van der Waals surface area contributed by atoms with Crippen LogP contribution in [0.25, 0.3) is 0 Å². The van der Waals surface area contributed by atoms with Crippen LogP contribution in [0.2, 0.25) is 0 Å². The fraction of sp³-hybridized carbons (Fsp3) is 0.625. The number of ether oxygens (including phenoxy) is 1. The van der Waals surface area contributed by atoms with E-state index >= 15 is 0 Å². The molecule has 20 heavy (non-hydrogen) atoms. The number of rotatable bonds is 4. The van der Waals surface area contributed by atoms with Gasteiger partial charge in [-0.1, -0.05) is 6.07 Å². The summed E-state index contributed by atoms with van der Waals surface area (Å²) in [5, 5.41) is 10.4. The highest BCUT2D eigenvalue weighted by Crippen LogP contribution is 2.33. The third-order valence-electron chi connectivity index (χ3n) is 4.38. The van der Waals surface area contributed by atoms with Crippen LogP contribution in [-0.2, 0) is 0 Å². The minimum atomic E-state index is -0.392. The molecule has 1 unspecified atom stereocenters. The summed E-state index contributed by atoms with van der Waals surface area (Å²) in [5.41, 5.74) is 2.09. The molecule has 2 aliphatic heterocycles. The molecule has 4 heteroatoms. The standard InChI is InChI=1S/C16H24N2O2/c1-17-10-11-20-16-12-13(4-5-14(16)17)15(19)6-9-18-7-2-3-8-18/h4-5,12,15,19H,2-3,6-11H2,1H3. The predicted molar refractivity (Wildman–Crippen MR) is 80.5 cm³/mol. The van der Waals surface area contributed by atoms with Crippen LogP contribution in [0.4, 0.5) is 5.69 Å². The molecule has 1 N–H and O–H groups in total. The Balaban J connectivity index is 1.64. The minimum Gasteiger partial charge on any atom is -0.490 e. The van der Waals surface area contributed by atoms with Crippen LogP contribution in [0, 0.1) is 0 Å². The summed E-state index contributed by atoms with van der Waals surface area (Å²) >= 11 is 0. The maximum Gasteiger partial charge on any atom is 0.143 e. The van der Waals surface area contributed by atoms with Gasteiger partial charge in [-0.25, -0.2) is 0 Å². The number of anilines is 1. The average molecular weight is 276 g/mol. The highest BCUT2D eigenvalue weighted by molar-refractivity contribution is 5.60. The van der Waals surface area contributed by atoms with Gasteiger partial charge in [-0.15, -0.1) is 0 Å². The van der Waals surface area contributed by atoms with E-state index < -0.39 is 6.10 Å². The summed E-state index contributed by atoms with van der Waals surface area (Å²) in [4.78, 5) is 4.63. The number of aliphatic hydroxyl groups is 1. The van der Waals surface area contributed by atoms with Gasteiger partial charge >= 0.3 is 0 Å². The van der Waals surface area contributed by atoms with Gasteiger partial charge < -0.3 is 19.6 Å². The van der Waals surface area contributed by atoms with Crippen molar-refractivity contribution in [1.82, 2.24) is 4.90 Å².